The zero-order chi connectivity index (χ0) is 14.6. The summed E-state index contributed by atoms with van der Waals surface area (Å²) in [6.45, 7) is 14.3. The highest BCUT2D eigenvalue weighted by Crippen LogP contribution is 2.16. The van der Waals surface area contributed by atoms with Crippen molar-refractivity contribution in [2.24, 2.45) is 5.92 Å². The van der Waals surface area contributed by atoms with E-state index < -0.39 is 0 Å². The highest BCUT2D eigenvalue weighted by molar-refractivity contribution is 4.94. The molecule has 1 aromatic rings. The first-order valence-corrected chi connectivity index (χ1v) is 7.84. The minimum Gasteiger partial charge on any atom is -0.311 e. The lowest BCUT2D eigenvalue weighted by atomic mass is 9.97. The SMILES string of the molecule is CCN1CCC(CNCc2cn(C(C)(C)C)nn2)CC1. The molecule has 5 heteroatoms. The van der Waals surface area contributed by atoms with E-state index in [4.69, 9.17) is 0 Å². The third-order valence-electron chi connectivity index (χ3n) is 4.12. The minimum atomic E-state index is 0.0121. The Labute approximate surface area is 122 Å². The van der Waals surface area contributed by atoms with Crippen molar-refractivity contribution in [3.8, 4) is 0 Å². The fourth-order valence-corrected chi connectivity index (χ4v) is 2.62. The Morgan fingerprint density at radius 2 is 2.00 bits per heavy atom. The molecule has 5 nitrogen and oxygen atoms in total. The zero-order valence-electron chi connectivity index (χ0n) is 13.4. The molecule has 0 amide bonds. The van der Waals surface area contributed by atoms with Gasteiger partial charge in [0.2, 0.25) is 0 Å². The molecular formula is C15H29N5. The second-order valence-corrected chi connectivity index (χ2v) is 6.83. The third-order valence-corrected chi connectivity index (χ3v) is 4.12. The van der Waals surface area contributed by atoms with Gasteiger partial charge in [0.1, 0.15) is 0 Å². The molecule has 1 aliphatic heterocycles. The number of hydrogen-bond donors (Lipinski definition) is 1. The molecule has 2 heterocycles. The van der Waals surface area contributed by atoms with Gasteiger partial charge in [-0.2, -0.15) is 0 Å². The van der Waals surface area contributed by atoms with Gasteiger partial charge in [-0.3, -0.25) is 0 Å². The second kappa shape index (κ2) is 6.68. The number of nitrogens with zero attached hydrogens (tertiary/aromatic N) is 4. The van der Waals surface area contributed by atoms with Crippen LogP contribution in [0.1, 0.15) is 46.2 Å². The molecule has 0 aliphatic carbocycles. The van der Waals surface area contributed by atoms with Gasteiger partial charge in [-0.25, -0.2) is 4.68 Å². The van der Waals surface area contributed by atoms with E-state index in [0.717, 1.165) is 24.7 Å². The first kappa shape index (κ1) is 15.4. The number of nitrogens with one attached hydrogen (secondary N) is 1. The molecule has 0 saturated carbocycles. The van der Waals surface area contributed by atoms with Gasteiger partial charge in [-0.1, -0.05) is 12.1 Å². The third kappa shape index (κ3) is 4.28. The Bertz CT molecular complexity index is 399. The second-order valence-electron chi connectivity index (χ2n) is 6.83. The number of aromatic nitrogens is 3. The Morgan fingerprint density at radius 3 is 2.55 bits per heavy atom. The fraction of sp³-hybridized carbons (Fsp3) is 0.867. The van der Waals surface area contributed by atoms with E-state index in [9.17, 15) is 0 Å². The fourth-order valence-electron chi connectivity index (χ4n) is 2.62. The predicted molar refractivity (Wildman–Crippen MR) is 81.6 cm³/mol. The smallest absolute Gasteiger partial charge is 0.0965 e. The normalized spacial score (nSPS) is 18.6. The summed E-state index contributed by atoms with van der Waals surface area (Å²) in [6.07, 6.45) is 4.68. The molecule has 1 aromatic heterocycles. The summed E-state index contributed by atoms with van der Waals surface area (Å²) in [7, 11) is 0. The molecule has 114 valence electrons. The molecule has 0 radical (unpaired) electrons. The number of hydrogen-bond acceptors (Lipinski definition) is 4. The van der Waals surface area contributed by atoms with E-state index in [2.05, 4.69) is 48.2 Å². The molecule has 20 heavy (non-hydrogen) atoms. The molecule has 0 unspecified atom stereocenters. The lowest BCUT2D eigenvalue weighted by Crippen LogP contribution is -2.37. The van der Waals surface area contributed by atoms with Gasteiger partial charge in [-0.05, 0) is 65.7 Å². The molecule has 0 bridgehead atoms. The van der Waals surface area contributed by atoms with E-state index in [-0.39, 0.29) is 5.54 Å². The van der Waals surface area contributed by atoms with Crippen LogP contribution in [0.3, 0.4) is 0 Å². The summed E-state index contributed by atoms with van der Waals surface area (Å²) in [5.41, 5.74) is 1.05. The van der Waals surface area contributed by atoms with Crippen molar-refractivity contribution in [2.45, 2.75) is 52.6 Å². The minimum absolute atomic E-state index is 0.0121. The topological polar surface area (TPSA) is 46.0 Å². The van der Waals surface area contributed by atoms with Crippen molar-refractivity contribution >= 4 is 0 Å². The van der Waals surface area contributed by atoms with Crippen LogP contribution < -0.4 is 5.32 Å². The Hall–Kier alpha value is -0.940. The average molecular weight is 279 g/mol. The molecule has 0 atom stereocenters. The van der Waals surface area contributed by atoms with Crippen LogP contribution in [0.25, 0.3) is 0 Å². The average Bonchev–Trinajstić information content (AvgIpc) is 2.88. The van der Waals surface area contributed by atoms with Gasteiger partial charge in [0.15, 0.2) is 0 Å². The first-order chi connectivity index (χ1) is 9.49. The van der Waals surface area contributed by atoms with Crippen molar-refractivity contribution in [3.63, 3.8) is 0 Å². The molecular weight excluding hydrogens is 250 g/mol. The Morgan fingerprint density at radius 1 is 1.30 bits per heavy atom. The van der Waals surface area contributed by atoms with Crippen molar-refractivity contribution in [1.82, 2.24) is 25.2 Å². The van der Waals surface area contributed by atoms with Crippen molar-refractivity contribution in [2.75, 3.05) is 26.2 Å². The Kier molecular flexibility index (Phi) is 5.16. The summed E-state index contributed by atoms with van der Waals surface area (Å²) < 4.78 is 1.93. The highest BCUT2D eigenvalue weighted by atomic mass is 15.4. The largest absolute Gasteiger partial charge is 0.311 e. The first-order valence-electron chi connectivity index (χ1n) is 7.84. The molecule has 1 fully saturated rings. The van der Waals surface area contributed by atoms with Crippen LogP contribution in [0.2, 0.25) is 0 Å². The van der Waals surface area contributed by atoms with Crippen LogP contribution in [0.4, 0.5) is 0 Å². The number of rotatable bonds is 5. The van der Waals surface area contributed by atoms with Gasteiger partial charge in [0, 0.05) is 6.54 Å². The van der Waals surface area contributed by atoms with Crippen molar-refractivity contribution < 1.29 is 0 Å². The van der Waals surface area contributed by atoms with E-state index in [0.29, 0.717) is 0 Å². The lowest BCUT2D eigenvalue weighted by molar-refractivity contribution is 0.190. The van der Waals surface area contributed by atoms with Crippen LogP contribution in [0, 0.1) is 5.92 Å². The molecule has 1 N–H and O–H groups in total. The standard InChI is InChI=1S/C15H29N5/c1-5-19-8-6-13(7-9-19)10-16-11-14-12-20(18-17-14)15(2,3)4/h12-13,16H,5-11H2,1-4H3. The van der Waals surface area contributed by atoms with E-state index in [1.165, 1.54) is 32.5 Å². The maximum Gasteiger partial charge on any atom is 0.0965 e. The van der Waals surface area contributed by atoms with Gasteiger partial charge >= 0.3 is 0 Å². The maximum absolute atomic E-state index is 4.23. The summed E-state index contributed by atoms with van der Waals surface area (Å²) in [4.78, 5) is 2.53. The van der Waals surface area contributed by atoms with Gasteiger partial charge in [-0.15, -0.1) is 5.10 Å². The lowest BCUT2D eigenvalue weighted by Gasteiger charge is -2.31. The van der Waals surface area contributed by atoms with Crippen molar-refractivity contribution in [3.05, 3.63) is 11.9 Å². The zero-order valence-corrected chi connectivity index (χ0v) is 13.4. The van der Waals surface area contributed by atoms with Gasteiger partial charge in [0.25, 0.3) is 0 Å². The number of piperidine rings is 1. The van der Waals surface area contributed by atoms with Crippen LogP contribution in [0.15, 0.2) is 6.20 Å². The summed E-state index contributed by atoms with van der Waals surface area (Å²) in [5.74, 6) is 0.815. The van der Waals surface area contributed by atoms with Crippen LogP contribution >= 0.6 is 0 Å². The van der Waals surface area contributed by atoms with Gasteiger partial charge < -0.3 is 10.2 Å². The van der Waals surface area contributed by atoms with Crippen LogP contribution in [0.5, 0.6) is 0 Å². The number of likely N-dealkylation sites (tertiary alicyclic amines) is 1. The molecule has 0 aromatic carbocycles. The summed E-state index contributed by atoms with van der Waals surface area (Å²) in [6, 6.07) is 0. The molecule has 0 spiro atoms. The highest BCUT2D eigenvalue weighted by Gasteiger charge is 2.18. The quantitative estimate of drug-likeness (QED) is 0.893. The predicted octanol–water partition coefficient (Wildman–Crippen LogP) is 1.85. The summed E-state index contributed by atoms with van der Waals surface area (Å²) >= 11 is 0. The molecule has 1 aliphatic rings. The van der Waals surface area contributed by atoms with Crippen molar-refractivity contribution in [1.29, 1.82) is 0 Å². The van der Waals surface area contributed by atoms with E-state index in [1.807, 2.05) is 10.9 Å². The molecule has 1 saturated heterocycles. The van der Waals surface area contributed by atoms with Gasteiger partial charge in [0.05, 0.1) is 17.4 Å². The maximum atomic E-state index is 4.23. The van der Waals surface area contributed by atoms with E-state index >= 15 is 0 Å². The molecule has 2 rings (SSSR count). The Balaban J connectivity index is 1.70. The monoisotopic (exact) mass is 279 g/mol. The van der Waals surface area contributed by atoms with Crippen LogP contribution in [-0.4, -0.2) is 46.1 Å². The summed E-state index contributed by atoms with van der Waals surface area (Å²) in [5, 5.41) is 12.0. The van der Waals surface area contributed by atoms with Crippen LogP contribution in [-0.2, 0) is 12.1 Å². The van der Waals surface area contributed by atoms with E-state index in [1.54, 1.807) is 0 Å².